The van der Waals surface area contributed by atoms with Gasteiger partial charge in [0.15, 0.2) is 0 Å². The highest BCUT2D eigenvalue weighted by Crippen LogP contribution is 2.37. The average molecular weight is 476 g/mol. The topological polar surface area (TPSA) is 61.9 Å². The van der Waals surface area contributed by atoms with Crippen LogP contribution >= 0.6 is 0 Å². The molecule has 2 aromatic carbocycles. The molecule has 3 aliphatic rings. The Kier molecular flexibility index (Phi) is 6.48. The molecule has 0 bridgehead atoms. The minimum atomic E-state index is -1.09. The van der Waals surface area contributed by atoms with Gasteiger partial charge in [0, 0.05) is 19.4 Å². The number of imide groups is 1. The molecule has 7 heteroatoms. The molecule has 2 saturated heterocycles. The van der Waals surface area contributed by atoms with Crippen molar-refractivity contribution < 1.29 is 18.7 Å². The Morgan fingerprint density at radius 2 is 1.97 bits per heavy atom. The molecule has 182 valence electrons. The fourth-order valence-electron chi connectivity index (χ4n) is 5.64. The predicted octanol–water partition coefficient (Wildman–Crippen LogP) is 3.53. The lowest BCUT2D eigenvalue weighted by Crippen LogP contribution is -2.57. The van der Waals surface area contributed by atoms with E-state index in [0.29, 0.717) is 5.56 Å². The van der Waals surface area contributed by atoms with E-state index in [-0.39, 0.29) is 30.6 Å². The van der Waals surface area contributed by atoms with Crippen molar-refractivity contribution in [1.29, 1.82) is 0 Å². The van der Waals surface area contributed by atoms with Crippen LogP contribution in [0.5, 0.6) is 5.75 Å². The molecule has 6 nitrogen and oxygen atoms in total. The van der Waals surface area contributed by atoms with Gasteiger partial charge in [-0.25, -0.2) is 9.18 Å². The van der Waals surface area contributed by atoms with E-state index >= 15 is 0 Å². The number of rotatable bonds is 6. The summed E-state index contributed by atoms with van der Waals surface area (Å²) in [5, 5.41) is 3.02. The molecule has 0 saturated carbocycles. The second kappa shape index (κ2) is 9.71. The van der Waals surface area contributed by atoms with Gasteiger partial charge >= 0.3 is 6.03 Å². The maximum Gasteiger partial charge on any atom is 0.325 e. The summed E-state index contributed by atoms with van der Waals surface area (Å²) in [5.41, 5.74) is 2.14. The second-order valence-electron chi connectivity index (χ2n) is 9.62. The molecule has 0 spiro atoms. The first-order chi connectivity index (χ1) is 17.0. The minimum absolute atomic E-state index is 0.0496. The van der Waals surface area contributed by atoms with Gasteiger partial charge in [-0.2, -0.15) is 0 Å². The smallest absolute Gasteiger partial charge is 0.325 e. The Labute approximate surface area is 205 Å². The summed E-state index contributed by atoms with van der Waals surface area (Å²) < 4.78 is 19.6. The van der Waals surface area contributed by atoms with Gasteiger partial charge < -0.3 is 10.1 Å². The highest BCUT2D eigenvalue weighted by molar-refractivity contribution is 6.07. The molecular weight excluding hydrogens is 445 g/mol. The third-order valence-corrected chi connectivity index (χ3v) is 7.43. The molecule has 2 fully saturated rings. The number of benzene rings is 2. The van der Waals surface area contributed by atoms with Crippen molar-refractivity contribution in [2.75, 3.05) is 26.2 Å². The number of nitrogens with zero attached hydrogens (tertiary/aromatic N) is 2. The zero-order chi connectivity index (χ0) is 24.4. The number of carbonyl (C=O) groups excluding carboxylic acids is 2. The van der Waals surface area contributed by atoms with Crippen LogP contribution in [0.2, 0.25) is 0 Å². The van der Waals surface area contributed by atoms with Gasteiger partial charge in [-0.1, -0.05) is 30.2 Å². The monoisotopic (exact) mass is 475 g/mol. The Bertz CT molecular complexity index is 1200. The number of hydrogen-bond donors (Lipinski definition) is 1. The Morgan fingerprint density at radius 1 is 1.14 bits per heavy atom. The molecule has 35 heavy (non-hydrogen) atoms. The highest BCUT2D eigenvalue weighted by Gasteiger charge is 2.55. The third-order valence-electron chi connectivity index (χ3n) is 7.43. The zero-order valence-electron chi connectivity index (χ0n) is 20.0. The quantitative estimate of drug-likeness (QED) is 0.513. The number of amides is 3. The number of hydrogen-bond acceptors (Lipinski definition) is 4. The Morgan fingerprint density at radius 3 is 2.74 bits per heavy atom. The van der Waals surface area contributed by atoms with E-state index in [2.05, 4.69) is 40.3 Å². The third kappa shape index (κ3) is 4.63. The molecule has 2 aromatic rings. The first-order valence-electron chi connectivity index (χ1n) is 12.2. The summed E-state index contributed by atoms with van der Waals surface area (Å²) in [6, 6.07) is 12.3. The Balaban J connectivity index is 1.33. The van der Waals surface area contributed by atoms with E-state index in [1.165, 1.54) is 28.2 Å². The molecule has 1 N–H and O–H groups in total. The molecule has 0 aliphatic carbocycles. The van der Waals surface area contributed by atoms with E-state index in [4.69, 9.17) is 4.74 Å². The van der Waals surface area contributed by atoms with Crippen molar-refractivity contribution >= 4 is 11.9 Å². The number of fused-ring (bicyclic) bond motifs is 1. The van der Waals surface area contributed by atoms with Gasteiger partial charge in [-0.05, 0) is 73.7 Å². The Hall–Kier alpha value is -3.37. The van der Waals surface area contributed by atoms with Gasteiger partial charge in [0.25, 0.3) is 5.91 Å². The largest absolute Gasteiger partial charge is 0.493 e. The van der Waals surface area contributed by atoms with E-state index < -0.39 is 11.6 Å². The first kappa shape index (κ1) is 23.4. The fraction of sp³-hybridized carbons (Fsp3) is 0.429. The predicted molar refractivity (Wildman–Crippen MR) is 130 cm³/mol. The van der Waals surface area contributed by atoms with Gasteiger partial charge in [-0.3, -0.25) is 14.6 Å². The van der Waals surface area contributed by atoms with E-state index in [1.54, 1.807) is 13.0 Å². The lowest BCUT2D eigenvalue weighted by molar-refractivity contribution is -0.133. The molecule has 0 aromatic heterocycles. The minimum Gasteiger partial charge on any atom is -0.493 e. The van der Waals surface area contributed by atoms with Crippen LogP contribution in [0.25, 0.3) is 0 Å². The summed E-state index contributed by atoms with van der Waals surface area (Å²) in [6.45, 7) is 4.98. The number of urea groups is 1. The van der Waals surface area contributed by atoms with Crippen LogP contribution in [-0.4, -0.2) is 53.5 Å². The van der Waals surface area contributed by atoms with E-state index in [1.807, 2.05) is 6.07 Å². The second-order valence-corrected chi connectivity index (χ2v) is 9.62. The van der Waals surface area contributed by atoms with Gasteiger partial charge in [0.2, 0.25) is 0 Å². The molecule has 3 amide bonds. The summed E-state index contributed by atoms with van der Waals surface area (Å²) >= 11 is 0. The summed E-state index contributed by atoms with van der Waals surface area (Å²) in [4.78, 5) is 30.1. The molecule has 5 rings (SSSR count). The van der Waals surface area contributed by atoms with Crippen LogP contribution in [-0.2, 0) is 24.2 Å². The van der Waals surface area contributed by atoms with Gasteiger partial charge in [0.1, 0.15) is 17.1 Å². The van der Waals surface area contributed by atoms with Crippen molar-refractivity contribution in [2.24, 2.45) is 5.92 Å². The maximum absolute atomic E-state index is 14.0. The van der Waals surface area contributed by atoms with Crippen molar-refractivity contribution in [2.45, 2.75) is 44.7 Å². The molecule has 3 aliphatic heterocycles. The normalized spacial score (nSPS) is 22.4. The van der Waals surface area contributed by atoms with Crippen LogP contribution in [0, 0.1) is 23.6 Å². The number of nitrogens with one attached hydrogen (secondary N) is 1. The molecule has 3 heterocycles. The van der Waals surface area contributed by atoms with Crippen LogP contribution in [0.1, 0.15) is 36.5 Å². The average Bonchev–Trinajstić information content (AvgIpc) is 3.41. The number of ether oxygens (including phenoxy) is 1. The van der Waals surface area contributed by atoms with Crippen LogP contribution < -0.4 is 10.1 Å². The van der Waals surface area contributed by atoms with Crippen molar-refractivity contribution in [1.82, 2.24) is 15.1 Å². The van der Waals surface area contributed by atoms with Gasteiger partial charge in [0.05, 0.1) is 13.2 Å². The van der Waals surface area contributed by atoms with Crippen molar-refractivity contribution in [3.63, 3.8) is 0 Å². The molecule has 1 atom stereocenters. The number of piperidine rings is 1. The van der Waals surface area contributed by atoms with Crippen LogP contribution in [0.15, 0.2) is 42.5 Å². The van der Waals surface area contributed by atoms with Gasteiger partial charge in [-0.15, -0.1) is 5.92 Å². The molecule has 0 radical (unpaired) electrons. The maximum atomic E-state index is 14.0. The lowest BCUT2D eigenvalue weighted by atomic mass is 9.74. The first-order valence-corrected chi connectivity index (χ1v) is 12.2. The van der Waals surface area contributed by atoms with Crippen LogP contribution in [0.4, 0.5) is 9.18 Å². The fourth-order valence-corrected chi connectivity index (χ4v) is 5.64. The lowest BCUT2D eigenvalue weighted by Gasteiger charge is -2.41. The van der Waals surface area contributed by atoms with Crippen molar-refractivity contribution in [3.8, 4) is 17.6 Å². The zero-order valence-corrected chi connectivity index (χ0v) is 20.0. The van der Waals surface area contributed by atoms with E-state index in [0.717, 1.165) is 51.3 Å². The standard InChI is InChI=1S/C28H30FN3O3/c1-2-3-12-32-26(33)28(30-27(32)34,18-20-5-4-6-24(29)17-20)23-9-13-31(14-10-23)19-21-7-8-25-22(16-21)11-15-35-25/h4-8,16-17,23H,9-15,18-19H2,1H3,(H,30,34)/t28-/m1/s1. The van der Waals surface area contributed by atoms with E-state index in [9.17, 15) is 14.0 Å². The van der Waals surface area contributed by atoms with Crippen molar-refractivity contribution in [3.05, 3.63) is 65.0 Å². The van der Waals surface area contributed by atoms with Crippen LogP contribution in [0.3, 0.4) is 0 Å². The molecule has 0 unspecified atom stereocenters. The summed E-state index contributed by atoms with van der Waals surface area (Å²) in [7, 11) is 0. The number of carbonyl (C=O) groups is 2. The number of halogens is 1. The summed E-state index contributed by atoms with van der Waals surface area (Å²) in [6.07, 6.45) is 2.75. The molecular formula is C28H30FN3O3. The highest BCUT2D eigenvalue weighted by atomic mass is 19.1. The number of likely N-dealkylation sites (tertiary alicyclic amines) is 1. The SMILES string of the molecule is CC#CCN1C(=O)N[C@](Cc2cccc(F)c2)(C2CCN(Cc3ccc4c(c3)CCO4)CC2)C1=O. The summed E-state index contributed by atoms with van der Waals surface area (Å²) in [5.74, 6) is 5.92.